The molecular weight excluding hydrogens is 254 g/mol. The monoisotopic (exact) mass is 269 g/mol. The van der Waals surface area contributed by atoms with Crippen molar-refractivity contribution in [1.82, 2.24) is 20.5 Å². The topological polar surface area (TPSA) is 99.6 Å². The van der Waals surface area contributed by atoms with Gasteiger partial charge < -0.3 is 16.0 Å². The first kappa shape index (κ1) is 12.3. The molecule has 0 aliphatic heterocycles. The van der Waals surface area contributed by atoms with Gasteiger partial charge in [0.2, 0.25) is 0 Å². The minimum Gasteiger partial charge on any atom is -0.399 e. The molecule has 2 heterocycles. The van der Waals surface area contributed by atoms with E-state index in [1.807, 2.05) is 19.1 Å². The van der Waals surface area contributed by atoms with Gasteiger partial charge in [-0.05, 0) is 25.1 Å². The van der Waals surface area contributed by atoms with Crippen LogP contribution in [0, 0.1) is 6.92 Å². The second kappa shape index (κ2) is 4.73. The van der Waals surface area contributed by atoms with E-state index < -0.39 is 0 Å². The third-order valence-electron chi connectivity index (χ3n) is 3.32. The van der Waals surface area contributed by atoms with Crippen LogP contribution in [-0.2, 0) is 6.54 Å². The standard InChI is InChI=1S/C14H15N5O/c1-8-9(6-18-19-8)5-17-14(20)12-7-16-13-4-10(15)2-3-11(12)13/h2-4,6-7,16H,5,15H2,1H3,(H,17,20)(H,18,19). The lowest BCUT2D eigenvalue weighted by Gasteiger charge is -2.03. The van der Waals surface area contributed by atoms with Crippen LogP contribution in [0.4, 0.5) is 5.69 Å². The quantitative estimate of drug-likeness (QED) is 0.545. The van der Waals surface area contributed by atoms with Crippen molar-refractivity contribution in [3.05, 3.63) is 47.4 Å². The second-order valence-electron chi connectivity index (χ2n) is 4.71. The molecule has 0 radical (unpaired) electrons. The van der Waals surface area contributed by atoms with Gasteiger partial charge in [-0.1, -0.05) is 0 Å². The van der Waals surface area contributed by atoms with Crippen molar-refractivity contribution >= 4 is 22.5 Å². The van der Waals surface area contributed by atoms with Crippen LogP contribution in [0.1, 0.15) is 21.6 Å². The maximum Gasteiger partial charge on any atom is 0.253 e. The number of aromatic amines is 2. The Labute approximate surface area is 115 Å². The van der Waals surface area contributed by atoms with Crippen molar-refractivity contribution in [2.45, 2.75) is 13.5 Å². The highest BCUT2D eigenvalue weighted by atomic mass is 16.1. The van der Waals surface area contributed by atoms with Crippen molar-refractivity contribution in [2.75, 3.05) is 5.73 Å². The molecule has 6 heteroatoms. The Balaban J connectivity index is 1.81. The summed E-state index contributed by atoms with van der Waals surface area (Å²) < 4.78 is 0. The molecule has 0 atom stereocenters. The summed E-state index contributed by atoms with van der Waals surface area (Å²) in [5, 5.41) is 10.5. The van der Waals surface area contributed by atoms with Crippen LogP contribution in [0.2, 0.25) is 0 Å². The van der Waals surface area contributed by atoms with Crippen molar-refractivity contribution in [1.29, 1.82) is 0 Å². The van der Waals surface area contributed by atoms with Gasteiger partial charge >= 0.3 is 0 Å². The first-order valence-electron chi connectivity index (χ1n) is 6.29. The van der Waals surface area contributed by atoms with E-state index in [0.29, 0.717) is 17.8 Å². The predicted molar refractivity (Wildman–Crippen MR) is 77.2 cm³/mol. The van der Waals surface area contributed by atoms with Crippen LogP contribution in [0.3, 0.4) is 0 Å². The third-order valence-corrected chi connectivity index (χ3v) is 3.32. The molecule has 102 valence electrons. The number of aromatic nitrogens is 3. The lowest BCUT2D eigenvalue weighted by molar-refractivity contribution is 0.0952. The van der Waals surface area contributed by atoms with Gasteiger partial charge in [-0.15, -0.1) is 0 Å². The number of carbonyl (C=O) groups excluding carboxylic acids is 1. The molecule has 0 fully saturated rings. The molecule has 0 unspecified atom stereocenters. The number of nitrogens with zero attached hydrogens (tertiary/aromatic N) is 1. The van der Waals surface area contributed by atoms with Gasteiger partial charge in [0.1, 0.15) is 0 Å². The Bertz CT molecular complexity index is 771. The highest BCUT2D eigenvalue weighted by Gasteiger charge is 2.12. The van der Waals surface area contributed by atoms with Crippen LogP contribution in [0.15, 0.2) is 30.6 Å². The summed E-state index contributed by atoms with van der Waals surface area (Å²) in [6.45, 7) is 2.37. The van der Waals surface area contributed by atoms with E-state index in [0.717, 1.165) is 22.2 Å². The number of carbonyl (C=O) groups is 1. The molecule has 6 nitrogen and oxygen atoms in total. The molecule has 0 aliphatic rings. The third kappa shape index (κ3) is 2.11. The number of hydrogen-bond acceptors (Lipinski definition) is 3. The summed E-state index contributed by atoms with van der Waals surface area (Å²) in [6.07, 6.45) is 3.41. The summed E-state index contributed by atoms with van der Waals surface area (Å²) >= 11 is 0. The maximum absolute atomic E-state index is 12.2. The molecule has 1 aromatic carbocycles. The highest BCUT2D eigenvalue weighted by molar-refractivity contribution is 6.07. The van der Waals surface area contributed by atoms with E-state index in [-0.39, 0.29) is 5.91 Å². The fourth-order valence-corrected chi connectivity index (χ4v) is 2.16. The van der Waals surface area contributed by atoms with Gasteiger partial charge in [-0.3, -0.25) is 9.89 Å². The number of nitrogen functional groups attached to an aromatic ring is 1. The lowest BCUT2D eigenvalue weighted by Crippen LogP contribution is -2.22. The van der Waals surface area contributed by atoms with Crippen LogP contribution in [0.5, 0.6) is 0 Å². The zero-order valence-electron chi connectivity index (χ0n) is 11.0. The van der Waals surface area contributed by atoms with E-state index in [4.69, 9.17) is 5.73 Å². The number of amides is 1. The molecule has 1 amide bonds. The van der Waals surface area contributed by atoms with Crippen molar-refractivity contribution in [3.63, 3.8) is 0 Å². The largest absolute Gasteiger partial charge is 0.399 e. The van der Waals surface area contributed by atoms with Gasteiger partial charge in [0.05, 0.1) is 11.8 Å². The van der Waals surface area contributed by atoms with E-state index in [1.165, 1.54) is 0 Å². The number of nitrogens with one attached hydrogen (secondary N) is 3. The Morgan fingerprint density at radius 3 is 3.05 bits per heavy atom. The number of benzene rings is 1. The smallest absolute Gasteiger partial charge is 0.253 e. The molecule has 20 heavy (non-hydrogen) atoms. The van der Waals surface area contributed by atoms with Crippen LogP contribution < -0.4 is 11.1 Å². The zero-order chi connectivity index (χ0) is 14.1. The molecule has 2 aromatic heterocycles. The molecule has 0 bridgehead atoms. The molecule has 0 aliphatic carbocycles. The molecule has 5 N–H and O–H groups in total. The Hall–Kier alpha value is -2.76. The maximum atomic E-state index is 12.2. The van der Waals surface area contributed by atoms with Gasteiger partial charge in [-0.2, -0.15) is 5.10 Å². The molecule has 3 aromatic rings. The Morgan fingerprint density at radius 1 is 1.45 bits per heavy atom. The van der Waals surface area contributed by atoms with Gasteiger partial charge in [0.15, 0.2) is 0 Å². The fraction of sp³-hybridized carbons (Fsp3) is 0.143. The second-order valence-corrected chi connectivity index (χ2v) is 4.71. The first-order valence-corrected chi connectivity index (χ1v) is 6.29. The summed E-state index contributed by atoms with van der Waals surface area (Å²) in [7, 11) is 0. The zero-order valence-corrected chi connectivity index (χ0v) is 11.0. The summed E-state index contributed by atoms with van der Waals surface area (Å²) in [6, 6.07) is 5.44. The Kier molecular flexibility index (Phi) is 2.90. The van der Waals surface area contributed by atoms with E-state index >= 15 is 0 Å². The number of aryl methyl sites for hydroxylation is 1. The Morgan fingerprint density at radius 2 is 2.30 bits per heavy atom. The van der Waals surface area contributed by atoms with Crippen LogP contribution >= 0.6 is 0 Å². The number of anilines is 1. The number of H-pyrrole nitrogens is 2. The molecule has 0 saturated carbocycles. The highest BCUT2D eigenvalue weighted by Crippen LogP contribution is 2.20. The van der Waals surface area contributed by atoms with Crippen molar-refractivity contribution < 1.29 is 4.79 Å². The van der Waals surface area contributed by atoms with E-state index in [2.05, 4.69) is 20.5 Å². The van der Waals surface area contributed by atoms with Crippen LogP contribution in [-0.4, -0.2) is 21.1 Å². The summed E-state index contributed by atoms with van der Waals surface area (Å²) in [5.41, 5.74) is 9.78. The minimum absolute atomic E-state index is 0.123. The molecule has 3 rings (SSSR count). The SMILES string of the molecule is Cc1[nH]ncc1CNC(=O)c1c[nH]c2cc(N)ccc12. The fourth-order valence-electron chi connectivity index (χ4n) is 2.16. The van der Waals surface area contributed by atoms with E-state index in [9.17, 15) is 4.79 Å². The average molecular weight is 269 g/mol. The first-order chi connectivity index (χ1) is 9.65. The number of nitrogens with two attached hydrogens (primary N) is 1. The van der Waals surface area contributed by atoms with Crippen molar-refractivity contribution in [3.8, 4) is 0 Å². The molecule has 0 spiro atoms. The van der Waals surface area contributed by atoms with Gasteiger partial charge in [0.25, 0.3) is 5.91 Å². The van der Waals surface area contributed by atoms with Crippen LogP contribution in [0.25, 0.3) is 10.9 Å². The van der Waals surface area contributed by atoms with Gasteiger partial charge in [0, 0.05) is 40.6 Å². The average Bonchev–Trinajstić information content (AvgIpc) is 3.02. The number of rotatable bonds is 3. The summed E-state index contributed by atoms with van der Waals surface area (Å²) in [5.74, 6) is -0.123. The molecular formula is C14H15N5O. The summed E-state index contributed by atoms with van der Waals surface area (Å²) in [4.78, 5) is 15.3. The molecule has 0 saturated heterocycles. The lowest BCUT2D eigenvalue weighted by atomic mass is 10.1. The number of fused-ring (bicyclic) bond motifs is 1. The van der Waals surface area contributed by atoms with E-state index in [1.54, 1.807) is 18.5 Å². The number of hydrogen-bond donors (Lipinski definition) is 4. The minimum atomic E-state index is -0.123. The predicted octanol–water partition coefficient (Wildman–Crippen LogP) is 1.71. The normalized spacial score (nSPS) is 10.8. The van der Waals surface area contributed by atoms with Crippen molar-refractivity contribution in [2.24, 2.45) is 0 Å². The van der Waals surface area contributed by atoms with Gasteiger partial charge in [-0.25, -0.2) is 0 Å².